The molecule has 17 heavy (non-hydrogen) atoms. The lowest BCUT2D eigenvalue weighted by Gasteiger charge is -2.32. The predicted octanol–water partition coefficient (Wildman–Crippen LogP) is 2.45. The monoisotopic (exact) mass is 255 g/mol. The Labute approximate surface area is 107 Å². The van der Waals surface area contributed by atoms with Crippen LogP contribution < -0.4 is 0 Å². The van der Waals surface area contributed by atoms with Crippen LogP contribution in [0.2, 0.25) is 0 Å². The molecule has 1 heterocycles. The van der Waals surface area contributed by atoms with E-state index in [0.717, 1.165) is 38.8 Å². The van der Waals surface area contributed by atoms with Gasteiger partial charge in [0.2, 0.25) is 5.91 Å². The van der Waals surface area contributed by atoms with Crippen molar-refractivity contribution < 1.29 is 9.59 Å². The fraction of sp³-hybridized carbons (Fsp3) is 0.846. The van der Waals surface area contributed by atoms with Crippen LogP contribution in [0.3, 0.4) is 0 Å². The lowest BCUT2D eigenvalue weighted by molar-refractivity contribution is -0.136. The number of nitrogens with zero attached hydrogens (tertiary/aromatic N) is 1. The number of amides is 1. The molecule has 0 atom stereocenters. The Balaban J connectivity index is 1.78. The molecule has 2 aliphatic rings. The molecule has 1 saturated carbocycles. The maximum Gasteiger partial charge on any atom is 0.225 e. The molecule has 2 fully saturated rings. The molecule has 1 amide bonds. The van der Waals surface area contributed by atoms with Crippen molar-refractivity contribution >= 4 is 22.8 Å². The van der Waals surface area contributed by atoms with Crippen molar-refractivity contribution in [2.24, 2.45) is 5.92 Å². The second-order valence-electron chi connectivity index (χ2n) is 5.12. The largest absolute Gasteiger partial charge is 0.342 e. The SMILES string of the molecule is CC(=O)SC1CCN(C(=O)C2CCCC2)CC1. The van der Waals surface area contributed by atoms with Crippen LogP contribution in [0.4, 0.5) is 0 Å². The maximum atomic E-state index is 12.2. The zero-order chi connectivity index (χ0) is 12.3. The Hall–Kier alpha value is -0.510. The van der Waals surface area contributed by atoms with Crippen molar-refractivity contribution in [3.8, 4) is 0 Å². The van der Waals surface area contributed by atoms with Crippen LogP contribution in [0, 0.1) is 5.92 Å². The van der Waals surface area contributed by atoms with Gasteiger partial charge >= 0.3 is 0 Å². The normalized spacial score (nSPS) is 23.0. The molecule has 4 heteroatoms. The number of carbonyl (C=O) groups is 2. The van der Waals surface area contributed by atoms with Gasteiger partial charge in [-0.25, -0.2) is 0 Å². The van der Waals surface area contributed by atoms with Gasteiger partial charge in [0.25, 0.3) is 0 Å². The summed E-state index contributed by atoms with van der Waals surface area (Å²) in [6, 6.07) is 0. The van der Waals surface area contributed by atoms with Gasteiger partial charge in [0.1, 0.15) is 0 Å². The van der Waals surface area contributed by atoms with Crippen LogP contribution in [-0.2, 0) is 9.59 Å². The third kappa shape index (κ3) is 3.47. The Bertz CT molecular complexity index is 292. The second-order valence-corrected chi connectivity index (χ2v) is 6.59. The Morgan fingerprint density at radius 1 is 1.06 bits per heavy atom. The average Bonchev–Trinajstić information content (AvgIpc) is 2.82. The Kier molecular flexibility index (Phi) is 4.48. The van der Waals surface area contributed by atoms with Crippen molar-refractivity contribution in [3.05, 3.63) is 0 Å². The van der Waals surface area contributed by atoms with Gasteiger partial charge in [-0.15, -0.1) is 0 Å². The molecule has 0 bridgehead atoms. The van der Waals surface area contributed by atoms with E-state index in [9.17, 15) is 9.59 Å². The molecule has 1 aliphatic heterocycles. The van der Waals surface area contributed by atoms with E-state index in [1.807, 2.05) is 4.90 Å². The highest BCUT2D eigenvalue weighted by Gasteiger charge is 2.30. The Morgan fingerprint density at radius 3 is 2.18 bits per heavy atom. The first-order chi connectivity index (χ1) is 8.16. The van der Waals surface area contributed by atoms with Crippen molar-refractivity contribution in [2.45, 2.75) is 50.7 Å². The summed E-state index contributed by atoms with van der Waals surface area (Å²) in [6.07, 6.45) is 6.55. The molecular weight excluding hydrogens is 234 g/mol. The lowest BCUT2D eigenvalue weighted by atomic mass is 10.0. The number of hydrogen-bond acceptors (Lipinski definition) is 3. The minimum absolute atomic E-state index is 0.200. The van der Waals surface area contributed by atoms with Crippen molar-refractivity contribution in [1.82, 2.24) is 4.90 Å². The summed E-state index contributed by atoms with van der Waals surface area (Å²) in [4.78, 5) is 25.2. The average molecular weight is 255 g/mol. The standard InChI is InChI=1S/C13H21NO2S/c1-10(15)17-12-6-8-14(9-7-12)13(16)11-4-2-3-5-11/h11-12H,2-9H2,1H3. The molecule has 1 saturated heterocycles. The molecule has 0 aromatic heterocycles. The highest BCUT2D eigenvalue weighted by Crippen LogP contribution is 2.29. The van der Waals surface area contributed by atoms with Gasteiger partial charge in [0.05, 0.1) is 0 Å². The molecule has 96 valence electrons. The zero-order valence-electron chi connectivity index (χ0n) is 10.5. The third-order valence-electron chi connectivity index (χ3n) is 3.79. The van der Waals surface area contributed by atoms with E-state index in [4.69, 9.17) is 0 Å². The molecule has 0 unspecified atom stereocenters. The number of hydrogen-bond donors (Lipinski definition) is 0. The highest BCUT2D eigenvalue weighted by molar-refractivity contribution is 8.14. The van der Waals surface area contributed by atoms with E-state index >= 15 is 0 Å². The molecule has 1 aliphatic carbocycles. The maximum absolute atomic E-state index is 12.2. The van der Waals surface area contributed by atoms with Crippen LogP contribution in [0.25, 0.3) is 0 Å². The highest BCUT2D eigenvalue weighted by atomic mass is 32.2. The lowest BCUT2D eigenvalue weighted by Crippen LogP contribution is -2.42. The quantitative estimate of drug-likeness (QED) is 0.760. The first-order valence-electron chi connectivity index (χ1n) is 6.63. The zero-order valence-corrected chi connectivity index (χ0v) is 11.3. The van der Waals surface area contributed by atoms with E-state index in [1.54, 1.807) is 6.92 Å². The first-order valence-corrected chi connectivity index (χ1v) is 7.51. The smallest absolute Gasteiger partial charge is 0.225 e. The van der Waals surface area contributed by atoms with Crippen molar-refractivity contribution in [2.75, 3.05) is 13.1 Å². The van der Waals surface area contributed by atoms with Crippen LogP contribution in [0.15, 0.2) is 0 Å². The van der Waals surface area contributed by atoms with Crippen LogP contribution >= 0.6 is 11.8 Å². The number of piperidine rings is 1. The molecule has 0 aromatic rings. The molecule has 0 radical (unpaired) electrons. The van der Waals surface area contributed by atoms with Crippen LogP contribution in [0.5, 0.6) is 0 Å². The van der Waals surface area contributed by atoms with E-state index in [0.29, 0.717) is 17.1 Å². The van der Waals surface area contributed by atoms with E-state index in [2.05, 4.69) is 0 Å². The minimum atomic E-state index is 0.200. The molecule has 2 rings (SSSR count). The van der Waals surface area contributed by atoms with Crippen molar-refractivity contribution in [3.63, 3.8) is 0 Å². The fourth-order valence-corrected chi connectivity index (χ4v) is 3.78. The van der Waals surface area contributed by atoms with Crippen molar-refractivity contribution in [1.29, 1.82) is 0 Å². The van der Waals surface area contributed by atoms with Gasteiger partial charge < -0.3 is 4.90 Å². The van der Waals surface area contributed by atoms with Crippen LogP contribution in [0.1, 0.15) is 45.4 Å². The molecule has 3 nitrogen and oxygen atoms in total. The molecular formula is C13H21NO2S. The number of carbonyl (C=O) groups excluding carboxylic acids is 2. The fourth-order valence-electron chi connectivity index (χ4n) is 2.86. The van der Waals surface area contributed by atoms with Gasteiger partial charge in [-0.1, -0.05) is 24.6 Å². The summed E-state index contributed by atoms with van der Waals surface area (Å²) < 4.78 is 0. The summed E-state index contributed by atoms with van der Waals surface area (Å²) in [5, 5.41) is 0.630. The summed E-state index contributed by atoms with van der Waals surface area (Å²) in [7, 11) is 0. The summed E-state index contributed by atoms with van der Waals surface area (Å²) in [5.41, 5.74) is 0. The number of likely N-dealkylation sites (tertiary alicyclic amines) is 1. The van der Waals surface area contributed by atoms with Gasteiger partial charge in [-0.05, 0) is 25.7 Å². The summed E-state index contributed by atoms with van der Waals surface area (Å²) >= 11 is 1.44. The summed E-state index contributed by atoms with van der Waals surface area (Å²) in [5.74, 6) is 0.667. The van der Waals surface area contributed by atoms with Crippen LogP contribution in [-0.4, -0.2) is 34.3 Å². The van der Waals surface area contributed by atoms with Gasteiger partial charge in [-0.2, -0.15) is 0 Å². The molecule has 0 spiro atoms. The van der Waals surface area contributed by atoms with E-state index in [-0.39, 0.29) is 5.12 Å². The van der Waals surface area contributed by atoms with E-state index in [1.165, 1.54) is 24.6 Å². The number of rotatable bonds is 2. The molecule has 0 aromatic carbocycles. The second kappa shape index (κ2) is 5.89. The number of thioether (sulfide) groups is 1. The molecule has 0 N–H and O–H groups in total. The van der Waals surface area contributed by atoms with E-state index < -0.39 is 0 Å². The third-order valence-corrected chi connectivity index (χ3v) is 4.93. The van der Waals surface area contributed by atoms with Gasteiger partial charge in [-0.3, -0.25) is 9.59 Å². The Morgan fingerprint density at radius 2 is 1.65 bits per heavy atom. The van der Waals surface area contributed by atoms with Gasteiger partial charge in [0, 0.05) is 31.2 Å². The first kappa shape index (κ1) is 12.9. The predicted molar refractivity (Wildman–Crippen MR) is 69.8 cm³/mol. The minimum Gasteiger partial charge on any atom is -0.342 e. The van der Waals surface area contributed by atoms with Gasteiger partial charge in [0.15, 0.2) is 5.12 Å². The summed E-state index contributed by atoms with van der Waals surface area (Å²) in [6.45, 7) is 3.32. The topological polar surface area (TPSA) is 37.4 Å².